The molecule has 70 valence electrons. The summed E-state index contributed by atoms with van der Waals surface area (Å²) >= 11 is 0. The van der Waals surface area contributed by atoms with Gasteiger partial charge < -0.3 is 10.1 Å². The van der Waals surface area contributed by atoms with E-state index in [2.05, 4.69) is 10.3 Å². The summed E-state index contributed by atoms with van der Waals surface area (Å²) in [5.41, 5.74) is 0.0880. The Labute approximate surface area is 74.7 Å². The van der Waals surface area contributed by atoms with E-state index in [-0.39, 0.29) is 11.4 Å². The molecule has 0 fully saturated rings. The number of rotatable bonds is 2. The molecule has 1 aromatic heterocycles. The Kier molecular flexibility index (Phi) is 2.79. The fourth-order valence-electron chi connectivity index (χ4n) is 0.887. The SMILES string of the molecule is CNC(=O)c1cc(F)cnc1OC. The predicted octanol–water partition coefficient (Wildman–Crippen LogP) is 0.589. The van der Waals surface area contributed by atoms with Crippen LogP contribution in [0.4, 0.5) is 4.39 Å². The summed E-state index contributed by atoms with van der Waals surface area (Å²) in [4.78, 5) is 14.8. The highest BCUT2D eigenvalue weighted by Crippen LogP contribution is 2.14. The highest BCUT2D eigenvalue weighted by atomic mass is 19.1. The van der Waals surface area contributed by atoms with Gasteiger partial charge in [0.2, 0.25) is 5.88 Å². The van der Waals surface area contributed by atoms with Crippen molar-refractivity contribution in [2.24, 2.45) is 0 Å². The summed E-state index contributed by atoms with van der Waals surface area (Å²) in [5.74, 6) is -0.885. The largest absolute Gasteiger partial charge is 0.480 e. The quantitative estimate of drug-likeness (QED) is 0.731. The van der Waals surface area contributed by atoms with Crippen molar-refractivity contribution in [1.82, 2.24) is 10.3 Å². The number of amides is 1. The molecule has 13 heavy (non-hydrogen) atoms. The molecule has 0 aliphatic carbocycles. The minimum atomic E-state index is -0.570. The predicted molar refractivity (Wildman–Crippen MR) is 44.1 cm³/mol. The Morgan fingerprint density at radius 3 is 2.92 bits per heavy atom. The molecule has 0 aromatic carbocycles. The minimum Gasteiger partial charge on any atom is -0.480 e. The molecule has 0 saturated heterocycles. The number of nitrogens with zero attached hydrogens (tertiary/aromatic N) is 1. The van der Waals surface area contributed by atoms with Gasteiger partial charge in [-0.1, -0.05) is 0 Å². The fourth-order valence-corrected chi connectivity index (χ4v) is 0.887. The molecule has 0 aliphatic rings. The van der Waals surface area contributed by atoms with Crippen LogP contribution >= 0.6 is 0 Å². The van der Waals surface area contributed by atoms with Gasteiger partial charge in [-0.3, -0.25) is 4.79 Å². The number of hydrogen-bond donors (Lipinski definition) is 1. The van der Waals surface area contributed by atoms with Gasteiger partial charge in [0.1, 0.15) is 11.4 Å². The Hall–Kier alpha value is -1.65. The number of halogens is 1. The van der Waals surface area contributed by atoms with Crippen LogP contribution in [0.25, 0.3) is 0 Å². The standard InChI is InChI=1S/C8H9FN2O2/c1-10-7(12)6-3-5(9)4-11-8(6)13-2/h3-4H,1-2H3,(H,10,12). The van der Waals surface area contributed by atoms with Crippen LogP contribution < -0.4 is 10.1 Å². The first-order valence-electron chi connectivity index (χ1n) is 3.60. The summed E-state index contributed by atoms with van der Waals surface area (Å²) in [6.07, 6.45) is 0.991. The van der Waals surface area contributed by atoms with Gasteiger partial charge in [-0.15, -0.1) is 0 Å². The zero-order valence-corrected chi connectivity index (χ0v) is 7.30. The van der Waals surface area contributed by atoms with Crippen molar-refractivity contribution in [3.05, 3.63) is 23.6 Å². The molecule has 1 rings (SSSR count). The van der Waals surface area contributed by atoms with Crippen molar-refractivity contribution in [2.45, 2.75) is 0 Å². The van der Waals surface area contributed by atoms with E-state index < -0.39 is 11.7 Å². The van der Waals surface area contributed by atoms with E-state index in [0.717, 1.165) is 12.3 Å². The maximum absolute atomic E-state index is 12.7. The maximum atomic E-state index is 12.7. The van der Waals surface area contributed by atoms with Gasteiger partial charge in [0.15, 0.2) is 0 Å². The third kappa shape index (κ3) is 1.93. The van der Waals surface area contributed by atoms with Crippen molar-refractivity contribution < 1.29 is 13.9 Å². The summed E-state index contributed by atoms with van der Waals surface area (Å²) in [5, 5.41) is 2.36. The molecule has 0 spiro atoms. The van der Waals surface area contributed by atoms with Crippen LogP contribution in [0.3, 0.4) is 0 Å². The maximum Gasteiger partial charge on any atom is 0.256 e. The summed E-state index contributed by atoms with van der Waals surface area (Å²) in [6, 6.07) is 1.07. The molecule has 0 unspecified atom stereocenters. The van der Waals surface area contributed by atoms with Gasteiger partial charge in [-0.2, -0.15) is 0 Å². The van der Waals surface area contributed by atoms with Crippen LogP contribution in [0.5, 0.6) is 5.88 Å². The van der Waals surface area contributed by atoms with Crippen molar-refractivity contribution in [2.75, 3.05) is 14.2 Å². The topological polar surface area (TPSA) is 51.2 Å². The van der Waals surface area contributed by atoms with Crippen LogP contribution in [-0.2, 0) is 0 Å². The highest BCUT2D eigenvalue weighted by molar-refractivity contribution is 5.96. The first-order valence-corrected chi connectivity index (χ1v) is 3.60. The number of hydrogen-bond acceptors (Lipinski definition) is 3. The molecule has 1 heterocycles. The second-order valence-corrected chi connectivity index (χ2v) is 2.29. The van der Waals surface area contributed by atoms with Crippen LogP contribution in [0, 0.1) is 5.82 Å². The van der Waals surface area contributed by atoms with Crippen LogP contribution in [-0.4, -0.2) is 25.0 Å². The number of carbonyl (C=O) groups is 1. The Bertz CT molecular complexity index is 328. The van der Waals surface area contributed by atoms with E-state index in [1.807, 2.05) is 0 Å². The average Bonchev–Trinajstić information content (AvgIpc) is 2.16. The van der Waals surface area contributed by atoms with Crippen molar-refractivity contribution in [3.63, 3.8) is 0 Å². The normalized spacial score (nSPS) is 9.46. The zero-order chi connectivity index (χ0) is 9.84. The van der Waals surface area contributed by atoms with Crippen LogP contribution in [0.15, 0.2) is 12.3 Å². The summed E-state index contributed by atoms with van der Waals surface area (Å²) < 4.78 is 17.5. The molecular formula is C8H9FN2O2. The zero-order valence-electron chi connectivity index (χ0n) is 7.30. The van der Waals surface area contributed by atoms with Gasteiger partial charge in [-0.05, 0) is 6.07 Å². The Morgan fingerprint density at radius 1 is 1.69 bits per heavy atom. The number of pyridine rings is 1. The lowest BCUT2D eigenvalue weighted by atomic mass is 10.2. The first-order chi connectivity index (χ1) is 6.19. The average molecular weight is 184 g/mol. The lowest BCUT2D eigenvalue weighted by molar-refractivity contribution is 0.0958. The third-order valence-corrected chi connectivity index (χ3v) is 1.48. The minimum absolute atomic E-state index is 0.0880. The van der Waals surface area contributed by atoms with Gasteiger partial charge >= 0.3 is 0 Å². The number of ether oxygens (including phenoxy) is 1. The molecule has 0 saturated carbocycles. The Morgan fingerprint density at radius 2 is 2.38 bits per heavy atom. The monoisotopic (exact) mass is 184 g/mol. The molecule has 0 aliphatic heterocycles. The first kappa shape index (κ1) is 9.44. The molecule has 1 N–H and O–H groups in total. The van der Waals surface area contributed by atoms with Gasteiger partial charge in [0, 0.05) is 7.05 Å². The van der Waals surface area contributed by atoms with Crippen molar-refractivity contribution in [1.29, 1.82) is 0 Å². The number of nitrogens with one attached hydrogen (secondary N) is 1. The van der Waals surface area contributed by atoms with E-state index >= 15 is 0 Å². The molecule has 5 heteroatoms. The van der Waals surface area contributed by atoms with Gasteiger partial charge in [-0.25, -0.2) is 9.37 Å². The molecule has 0 bridgehead atoms. The number of methoxy groups -OCH3 is 1. The van der Waals surface area contributed by atoms with Crippen molar-refractivity contribution >= 4 is 5.91 Å². The fraction of sp³-hybridized carbons (Fsp3) is 0.250. The lowest BCUT2D eigenvalue weighted by Gasteiger charge is -2.04. The smallest absolute Gasteiger partial charge is 0.256 e. The van der Waals surface area contributed by atoms with E-state index in [9.17, 15) is 9.18 Å². The van der Waals surface area contributed by atoms with Crippen LogP contribution in [0.1, 0.15) is 10.4 Å². The summed E-state index contributed by atoms with van der Waals surface area (Å²) in [7, 11) is 2.82. The van der Waals surface area contributed by atoms with E-state index in [4.69, 9.17) is 4.74 Å². The van der Waals surface area contributed by atoms with Crippen molar-refractivity contribution in [3.8, 4) is 5.88 Å². The van der Waals surface area contributed by atoms with E-state index in [1.54, 1.807) is 0 Å². The molecule has 1 amide bonds. The third-order valence-electron chi connectivity index (χ3n) is 1.48. The molecule has 0 atom stereocenters. The molecule has 4 nitrogen and oxygen atoms in total. The van der Waals surface area contributed by atoms with Gasteiger partial charge in [0.05, 0.1) is 13.3 Å². The summed E-state index contributed by atoms with van der Waals surface area (Å²) in [6.45, 7) is 0. The second-order valence-electron chi connectivity index (χ2n) is 2.29. The number of carbonyl (C=O) groups excluding carboxylic acids is 1. The highest BCUT2D eigenvalue weighted by Gasteiger charge is 2.12. The molecular weight excluding hydrogens is 175 g/mol. The van der Waals surface area contributed by atoms with E-state index in [1.165, 1.54) is 14.2 Å². The molecule has 1 aromatic rings. The Balaban J connectivity index is 3.15. The lowest BCUT2D eigenvalue weighted by Crippen LogP contribution is -2.19. The number of aromatic nitrogens is 1. The van der Waals surface area contributed by atoms with E-state index in [0.29, 0.717) is 0 Å². The van der Waals surface area contributed by atoms with Crippen LogP contribution in [0.2, 0.25) is 0 Å². The second kappa shape index (κ2) is 3.84. The molecule has 0 radical (unpaired) electrons. The van der Waals surface area contributed by atoms with Gasteiger partial charge in [0.25, 0.3) is 5.91 Å².